The third-order valence-corrected chi connectivity index (χ3v) is 1.66. The first-order chi connectivity index (χ1) is 7.09. The van der Waals surface area contributed by atoms with Crippen molar-refractivity contribution in [3.63, 3.8) is 0 Å². The number of aromatic amines is 2. The standard InChI is InChI=1S/C7H6N4O4/c1-3(12)15-11-5-4(8-2-9-5)6(13)10-7(11)14/h2H,1H3,(H,8,9)(H,10,13,14). The number of imidazole rings is 1. The molecule has 2 rings (SSSR count). The second-order valence-electron chi connectivity index (χ2n) is 2.74. The van der Waals surface area contributed by atoms with Gasteiger partial charge in [0.1, 0.15) is 0 Å². The lowest BCUT2D eigenvalue weighted by Gasteiger charge is -2.02. The molecule has 0 radical (unpaired) electrons. The average molecular weight is 210 g/mol. The number of hydrogen-bond donors (Lipinski definition) is 2. The van der Waals surface area contributed by atoms with E-state index in [9.17, 15) is 14.4 Å². The molecule has 15 heavy (non-hydrogen) atoms. The van der Waals surface area contributed by atoms with Gasteiger partial charge in [-0.25, -0.2) is 14.6 Å². The van der Waals surface area contributed by atoms with Gasteiger partial charge in [-0.05, 0) is 0 Å². The monoisotopic (exact) mass is 210 g/mol. The highest BCUT2D eigenvalue weighted by molar-refractivity contribution is 5.71. The molecule has 0 fully saturated rings. The second-order valence-corrected chi connectivity index (χ2v) is 2.74. The maximum atomic E-state index is 11.3. The summed E-state index contributed by atoms with van der Waals surface area (Å²) in [4.78, 5) is 46.0. The minimum atomic E-state index is -0.852. The quantitative estimate of drug-likeness (QED) is 0.588. The highest BCUT2D eigenvalue weighted by Gasteiger charge is 2.11. The molecular formula is C7H6N4O4. The van der Waals surface area contributed by atoms with E-state index >= 15 is 0 Å². The minimum Gasteiger partial charge on any atom is -0.339 e. The molecule has 0 aromatic carbocycles. The Labute approximate surface area is 81.5 Å². The lowest BCUT2D eigenvalue weighted by molar-refractivity contribution is -0.141. The van der Waals surface area contributed by atoms with Crippen molar-refractivity contribution in [1.29, 1.82) is 0 Å². The summed E-state index contributed by atoms with van der Waals surface area (Å²) >= 11 is 0. The van der Waals surface area contributed by atoms with Crippen LogP contribution in [0.5, 0.6) is 0 Å². The van der Waals surface area contributed by atoms with Gasteiger partial charge >= 0.3 is 11.7 Å². The van der Waals surface area contributed by atoms with Gasteiger partial charge in [0.15, 0.2) is 5.52 Å². The Morgan fingerprint density at radius 3 is 2.93 bits per heavy atom. The topological polar surface area (TPSA) is 110 Å². The number of aromatic nitrogens is 4. The zero-order valence-corrected chi connectivity index (χ0v) is 7.60. The Bertz CT molecular complexity index is 634. The summed E-state index contributed by atoms with van der Waals surface area (Å²) in [5.41, 5.74) is -1.43. The van der Waals surface area contributed by atoms with Crippen LogP contribution in [0, 0.1) is 0 Å². The summed E-state index contributed by atoms with van der Waals surface area (Å²) in [7, 11) is 0. The van der Waals surface area contributed by atoms with Crippen LogP contribution >= 0.6 is 0 Å². The zero-order valence-electron chi connectivity index (χ0n) is 7.60. The third-order valence-electron chi connectivity index (χ3n) is 1.66. The maximum absolute atomic E-state index is 11.3. The van der Waals surface area contributed by atoms with Gasteiger partial charge in [-0.3, -0.25) is 9.78 Å². The van der Waals surface area contributed by atoms with Crippen molar-refractivity contribution >= 4 is 17.1 Å². The van der Waals surface area contributed by atoms with Crippen LogP contribution in [0.15, 0.2) is 15.9 Å². The fraction of sp³-hybridized carbons (Fsp3) is 0.143. The zero-order chi connectivity index (χ0) is 11.0. The molecule has 2 heterocycles. The SMILES string of the molecule is CC(=O)On1c(=O)[nH]c(=O)c2[nH]cnc21. The number of nitrogens with one attached hydrogen (secondary N) is 2. The van der Waals surface area contributed by atoms with Crippen molar-refractivity contribution in [1.82, 2.24) is 19.7 Å². The van der Waals surface area contributed by atoms with Gasteiger partial charge in [0.2, 0.25) is 5.65 Å². The van der Waals surface area contributed by atoms with Crippen LogP contribution in [0.3, 0.4) is 0 Å². The van der Waals surface area contributed by atoms with Gasteiger partial charge < -0.3 is 9.82 Å². The summed E-state index contributed by atoms with van der Waals surface area (Å²) < 4.78 is 0.621. The lowest BCUT2D eigenvalue weighted by atomic mass is 10.5. The molecule has 0 amide bonds. The molecule has 0 aliphatic carbocycles. The Morgan fingerprint density at radius 2 is 2.27 bits per heavy atom. The molecule has 2 N–H and O–H groups in total. The molecule has 0 unspecified atom stereocenters. The molecule has 0 saturated carbocycles. The van der Waals surface area contributed by atoms with E-state index < -0.39 is 17.2 Å². The van der Waals surface area contributed by atoms with Gasteiger partial charge in [0.25, 0.3) is 5.56 Å². The summed E-state index contributed by atoms with van der Waals surface area (Å²) in [5, 5.41) is 0. The van der Waals surface area contributed by atoms with E-state index in [1.54, 1.807) is 0 Å². The van der Waals surface area contributed by atoms with Crippen LogP contribution < -0.4 is 16.1 Å². The van der Waals surface area contributed by atoms with Gasteiger partial charge in [-0.2, -0.15) is 0 Å². The minimum absolute atomic E-state index is 0.0287. The molecule has 8 nitrogen and oxygen atoms in total. The number of hydrogen-bond acceptors (Lipinski definition) is 5. The van der Waals surface area contributed by atoms with Crippen molar-refractivity contribution in [2.45, 2.75) is 6.92 Å². The molecule has 0 atom stereocenters. The normalized spacial score (nSPS) is 10.5. The third kappa shape index (κ3) is 1.41. The highest BCUT2D eigenvalue weighted by Crippen LogP contribution is 1.97. The summed E-state index contributed by atoms with van der Waals surface area (Å²) in [6, 6.07) is 0. The number of carbonyl (C=O) groups excluding carboxylic acids is 1. The molecule has 8 heteroatoms. The Morgan fingerprint density at radius 1 is 1.53 bits per heavy atom. The molecule has 0 bridgehead atoms. The summed E-state index contributed by atoms with van der Waals surface area (Å²) in [5.74, 6) is -0.687. The van der Waals surface area contributed by atoms with E-state index in [1.165, 1.54) is 6.33 Å². The number of nitrogens with zero attached hydrogens (tertiary/aromatic N) is 2. The van der Waals surface area contributed by atoms with Crippen LogP contribution in [-0.4, -0.2) is 25.7 Å². The van der Waals surface area contributed by atoms with Crippen molar-refractivity contribution in [2.75, 3.05) is 0 Å². The molecule has 0 saturated heterocycles. The van der Waals surface area contributed by atoms with Crippen LogP contribution in [0.25, 0.3) is 11.2 Å². The fourth-order valence-electron chi connectivity index (χ4n) is 1.13. The first-order valence-electron chi connectivity index (χ1n) is 3.97. The van der Waals surface area contributed by atoms with E-state index in [2.05, 4.69) is 14.8 Å². The first kappa shape index (κ1) is 9.19. The smallest absolute Gasteiger partial charge is 0.339 e. The average Bonchev–Trinajstić information content (AvgIpc) is 2.60. The van der Waals surface area contributed by atoms with E-state index in [0.29, 0.717) is 4.73 Å². The fourth-order valence-corrected chi connectivity index (χ4v) is 1.13. The summed E-state index contributed by atoms with van der Waals surface area (Å²) in [6.45, 7) is 1.13. The van der Waals surface area contributed by atoms with E-state index in [-0.39, 0.29) is 11.2 Å². The van der Waals surface area contributed by atoms with Gasteiger partial charge in [-0.1, -0.05) is 4.73 Å². The largest absolute Gasteiger partial charge is 0.364 e. The second kappa shape index (κ2) is 3.08. The van der Waals surface area contributed by atoms with E-state index in [0.717, 1.165) is 6.92 Å². The Hall–Kier alpha value is -2.38. The van der Waals surface area contributed by atoms with E-state index in [1.807, 2.05) is 4.98 Å². The van der Waals surface area contributed by atoms with Crippen LogP contribution in [0.1, 0.15) is 6.92 Å². The van der Waals surface area contributed by atoms with Crippen molar-refractivity contribution < 1.29 is 9.63 Å². The number of rotatable bonds is 1. The highest BCUT2D eigenvalue weighted by atomic mass is 16.7. The molecule has 2 aromatic rings. The number of H-pyrrole nitrogens is 2. The van der Waals surface area contributed by atoms with Crippen LogP contribution in [0.4, 0.5) is 0 Å². The molecular weight excluding hydrogens is 204 g/mol. The van der Waals surface area contributed by atoms with Crippen molar-refractivity contribution in [3.05, 3.63) is 27.2 Å². The predicted molar refractivity (Wildman–Crippen MR) is 48.2 cm³/mol. The Balaban J connectivity index is 2.82. The lowest BCUT2D eigenvalue weighted by Crippen LogP contribution is -2.36. The predicted octanol–water partition coefficient (Wildman–Crippen LogP) is -1.61. The maximum Gasteiger partial charge on any atom is 0.364 e. The molecule has 78 valence electrons. The molecule has 0 aliphatic heterocycles. The molecule has 0 spiro atoms. The van der Waals surface area contributed by atoms with Gasteiger partial charge in [0.05, 0.1) is 6.33 Å². The molecule has 0 aliphatic rings. The number of fused-ring (bicyclic) bond motifs is 1. The van der Waals surface area contributed by atoms with Crippen molar-refractivity contribution in [2.24, 2.45) is 0 Å². The first-order valence-corrected chi connectivity index (χ1v) is 3.97. The van der Waals surface area contributed by atoms with E-state index in [4.69, 9.17) is 0 Å². The van der Waals surface area contributed by atoms with Gasteiger partial charge in [-0.15, -0.1) is 0 Å². The van der Waals surface area contributed by atoms with Crippen molar-refractivity contribution in [3.8, 4) is 0 Å². The summed E-state index contributed by atoms with van der Waals surface area (Å²) in [6.07, 6.45) is 1.22. The molecule has 2 aromatic heterocycles. The van der Waals surface area contributed by atoms with Crippen LogP contribution in [-0.2, 0) is 4.79 Å². The number of carbonyl (C=O) groups is 1. The Kier molecular flexibility index (Phi) is 1.89. The van der Waals surface area contributed by atoms with Crippen LogP contribution in [0.2, 0.25) is 0 Å². The van der Waals surface area contributed by atoms with Gasteiger partial charge in [0, 0.05) is 6.92 Å².